The smallest absolute Gasteiger partial charge is 0.405 e. The Kier molecular flexibility index (Phi) is 4.89. The van der Waals surface area contributed by atoms with E-state index in [1.165, 1.54) is 7.11 Å². The molecule has 2 rings (SSSR count). The lowest BCUT2D eigenvalue weighted by Gasteiger charge is -2.29. The van der Waals surface area contributed by atoms with Crippen LogP contribution in [0, 0.1) is 5.41 Å². The monoisotopic (exact) mass is 330 g/mol. The van der Waals surface area contributed by atoms with Gasteiger partial charge in [-0.15, -0.1) is 0 Å². The summed E-state index contributed by atoms with van der Waals surface area (Å²) in [5, 5.41) is 1.02. The van der Waals surface area contributed by atoms with Crippen molar-refractivity contribution in [2.75, 3.05) is 13.7 Å². The molecule has 0 radical (unpaired) electrons. The summed E-state index contributed by atoms with van der Waals surface area (Å²) in [5.74, 6) is 0.283. The van der Waals surface area contributed by atoms with Crippen LogP contribution in [0.1, 0.15) is 25.8 Å². The van der Waals surface area contributed by atoms with Crippen molar-refractivity contribution in [1.29, 1.82) is 0 Å². The molecule has 1 unspecified atom stereocenters. The highest BCUT2D eigenvalue weighted by Gasteiger charge is 2.49. The highest BCUT2D eigenvalue weighted by molar-refractivity contribution is 5.83. The maximum atomic E-state index is 13.4. The highest BCUT2D eigenvalue weighted by atomic mass is 19.4. The van der Waals surface area contributed by atoms with Gasteiger partial charge in [0.1, 0.15) is 11.8 Å². The van der Waals surface area contributed by atoms with Gasteiger partial charge in [-0.3, -0.25) is 10.2 Å². The van der Waals surface area contributed by atoms with Gasteiger partial charge in [-0.25, -0.2) is 5.01 Å². The van der Waals surface area contributed by atoms with Crippen molar-refractivity contribution in [2.24, 2.45) is 5.41 Å². The number of alkyl halides is 3. The van der Waals surface area contributed by atoms with Gasteiger partial charge in [0.05, 0.1) is 12.5 Å². The number of carbonyl (C=O) groups is 1. The highest BCUT2D eigenvalue weighted by Crippen LogP contribution is 2.33. The number of nitrogens with one attached hydrogen (secondary N) is 1. The van der Waals surface area contributed by atoms with Crippen LogP contribution in [0.15, 0.2) is 24.3 Å². The molecule has 1 amide bonds. The second-order valence-electron chi connectivity index (χ2n) is 6.40. The van der Waals surface area contributed by atoms with Crippen molar-refractivity contribution in [1.82, 2.24) is 10.4 Å². The second-order valence-corrected chi connectivity index (χ2v) is 6.40. The third kappa shape index (κ3) is 4.16. The lowest BCUT2D eigenvalue weighted by molar-refractivity contribution is -0.190. The van der Waals surface area contributed by atoms with Crippen LogP contribution in [0.3, 0.4) is 0 Å². The number of methoxy groups -OCH3 is 1. The van der Waals surface area contributed by atoms with Gasteiger partial charge in [-0.1, -0.05) is 12.1 Å². The SMILES string of the molecule is COc1ccc(CCC(N2CC(C)(C)C(=O)N2)C(F)(F)F)cc1. The molecule has 1 heterocycles. The molecule has 4 nitrogen and oxygen atoms in total. The van der Waals surface area contributed by atoms with E-state index < -0.39 is 17.6 Å². The molecule has 0 spiro atoms. The molecule has 23 heavy (non-hydrogen) atoms. The van der Waals surface area contributed by atoms with E-state index in [2.05, 4.69) is 5.43 Å². The van der Waals surface area contributed by atoms with Gasteiger partial charge in [0.15, 0.2) is 0 Å². The normalized spacial score (nSPS) is 19.5. The predicted octanol–water partition coefficient (Wildman–Crippen LogP) is 2.93. The Hall–Kier alpha value is -1.76. The van der Waals surface area contributed by atoms with Gasteiger partial charge in [-0.05, 0) is 44.4 Å². The molecule has 1 fully saturated rings. The average molecular weight is 330 g/mol. The summed E-state index contributed by atoms with van der Waals surface area (Å²) in [6.07, 6.45) is -4.26. The number of nitrogens with zero attached hydrogens (tertiary/aromatic N) is 1. The van der Waals surface area contributed by atoms with Crippen LogP contribution in [-0.4, -0.2) is 36.8 Å². The molecule has 1 aliphatic rings. The number of hydrogen-bond acceptors (Lipinski definition) is 3. The van der Waals surface area contributed by atoms with Crippen molar-refractivity contribution in [3.63, 3.8) is 0 Å². The number of ether oxygens (including phenoxy) is 1. The van der Waals surface area contributed by atoms with Gasteiger partial charge in [-0.2, -0.15) is 13.2 Å². The number of rotatable bonds is 5. The zero-order valence-corrected chi connectivity index (χ0v) is 13.4. The largest absolute Gasteiger partial charge is 0.497 e. The van der Waals surface area contributed by atoms with Crippen LogP contribution < -0.4 is 10.2 Å². The summed E-state index contributed by atoms with van der Waals surface area (Å²) in [5.41, 5.74) is 2.34. The number of carbonyl (C=O) groups excluding carboxylic acids is 1. The molecule has 1 N–H and O–H groups in total. The zero-order valence-electron chi connectivity index (χ0n) is 13.4. The number of halogens is 3. The molecule has 1 aromatic carbocycles. The minimum absolute atomic E-state index is 0.0403. The molecule has 1 aromatic rings. The van der Waals surface area contributed by atoms with Crippen molar-refractivity contribution in [2.45, 2.75) is 38.9 Å². The first-order valence-corrected chi connectivity index (χ1v) is 7.41. The van der Waals surface area contributed by atoms with Crippen LogP contribution in [0.2, 0.25) is 0 Å². The molecule has 0 aliphatic carbocycles. The zero-order chi connectivity index (χ0) is 17.3. The molecule has 1 saturated heterocycles. The van der Waals surface area contributed by atoms with E-state index in [-0.39, 0.29) is 25.3 Å². The van der Waals surface area contributed by atoms with Crippen molar-refractivity contribution < 1.29 is 22.7 Å². The van der Waals surface area contributed by atoms with Crippen LogP contribution in [0.25, 0.3) is 0 Å². The van der Waals surface area contributed by atoms with E-state index in [1.54, 1.807) is 38.1 Å². The summed E-state index contributed by atoms with van der Waals surface area (Å²) in [6.45, 7) is 3.32. The molecule has 1 aliphatic heterocycles. The average Bonchev–Trinajstić information content (AvgIpc) is 2.72. The predicted molar refractivity (Wildman–Crippen MR) is 79.8 cm³/mol. The van der Waals surface area contributed by atoms with Crippen LogP contribution in [0.4, 0.5) is 13.2 Å². The third-order valence-corrected chi connectivity index (χ3v) is 4.05. The fourth-order valence-electron chi connectivity index (χ4n) is 2.60. The van der Waals surface area contributed by atoms with E-state index in [1.807, 2.05) is 0 Å². The lowest BCUT2D eigenvalue weighted by atomic mass is 9.94. The summed E-state index contributed by atoms with van der Waals surface area (Å²) < 4.78 is 45.1. The number of hydrogen-bond donors (Lipinski definition) is 1. The van der Waals surface area contributed by atoms with Gasteiger partial charge < -0.3 is 4.74 Å². The Balaban J connectivity index is 2.06. The first kappa shape index (κ1) is 17.6. The molecule has 0 aromatic heterocycles. The molecule has 0 saturated carbocycles. The molecule has 1 atom stereocenters. The first-order valence-electron chi connectivity index (χ1n) is 7.41. The number of benzene rings is 1. The molecular formula is C16H21F3N2O2. The van der Waals surface area contributed by atoms with E-state index in [9.17, 15) is 18.0 Å². The second kappa shape index (κ2) is 6.39. The van der Waals surface area contributed by atoms with Gasteiger partial charge >= 0.3 is 6.18 Å². The molecular weight excluding hydrogens is 309 g/mol. The van der Waals surface area contributed by atoms with Gasteiger partial charge in [0.2, 0.25) is 5.91 Å². The van der Waals surface area contributed by atoms with Crippen molar-refractivity contribution >= 4 is 5.91 Å². The van der Waals surface area contributed by atoms with Gasteiger partial charge in [0, 0.05) is 6.54 Å². The Morgan fingerprint density at radius 2 is 1.91 bits per heavy atom. The van der Waals surface area contributed by atoms with E-state index in [0.29, 0.717) is 5.75 Å². The third-order valence-electron chi connectivity index (χ3n) is 4.05. The summed E-state index contributed by atoms with van der Waals surface area (Å²) in [4.78, 5) is 11.7. The fourth-order valence-corrected chi connectivity index (χ4v) is 2.60. The maximum Gasteiger partial charge on any atom is 0.405 e. The van der Waals surface area contributed by atoms with Gasteiger partial charge in [0.25, 0.3) is 0 Å². The summed E-state index contributed by atoms with van der Waals surface area (Å²) in [6, 6.07) is 5.24. The number of aryl methyl sites for hydroxylation is 1. The molecule has 128 valence electrons. The van der Waals surface area contributed by atoms with E-state index in [0.717, 1.165) is 10.6 Å². The summed E-state index contributed by atoms with van der Waals surface area (Å²) in [7, 11) is 1.53. The van der Waals surface area contributed by atoms with Crippen molar-refractivity contribution in [3.05, 3.63) is 29.8 Å². The maximum absolute atomic E-state index is 13.4. The Morgan fingerprint density at radius 1 is 1.30 bits per heavy atom. The molecule has 7 heteroatoms. The standard InChI is InChI=1S/C16H21F3N2O2/c1-15(2)10-21(20-14(15)22)13(16(17,18)19)9-6-11-4-7-12(23-3)8-5-11/h4-5,7-8,13H,6,9-10H2,1-3H3,(H,20,22). The topological polar surface area (TPSA) is 41.6 Å². The van der Waals surface area contributed by atoms with Crippen LogP contribution in [-0.2, 0) is 11.2 Å². The number of amides is 1. The summed E-state index contributed by atoms with van der Waals surface area (Å²) >= 11 is 0. The van der Waals surface area contributed by atoms with Crippen molar-refractivity contribution in [3.8, 4) is 5.75 Å². The molecule has 0 bridgehead atoms. The fraction of sp³-hybridized carbons (Fsp3) is 0.562. The lowest BCUT2D eigenvalue weighted by Crippen LogP contribution is -2.50. The quantitative estimate of drug-likeness (QED) is 0.902. The number of hydrazine groups is 1. The van der Waals surface area contributed by atoms with Crippen LogP contribution >= 0.6 is 0 Å². The van der Waals surface area contributed by atoms with Crippen LogP contribution in [0.5, 0.6) is 5.75 Å². The minimum atomic E-state index is -4.40. The Bertz CT molecular complexity index is 555. The Morgan fingerprint density at radius 3 is 2.35 bits per heavy atom. The van der Waals surface area contributed by atoms with E-state index >= 15 is 0 Å². The first-order chi connectivity index (χ1) is 10.6. The Labute approximate surface area is 133 Å². The minimum Gasteiger partial charge on any atom is -0.497 e. The van der Waals surface area contributed by atoms with E-state index in [4.69, 9.17) is 4.74 Å².